The van der Waals surface area contributed by atoms with E-state index in [9.17, 15) is 0 Å². The van der Waals surface area contributed by atoms with Gasteiger partial charge in [0.1, 0.15) is 5.82 Å². The van der Waals surface area contributed by atoms with Crippen LogP contribution in [0.2, 0.25) is 0 Å². The van der Waals surface area contributed by atoms with Gasteiger partial charge in [0.2, 0.25) is 0 Å². The molecule has 0 saturated carbocycles. The highest BCUT2D eigenvalue weighted by atomic mass is 15.3. The van der Waals surface area contributed by atoms with Crippen molar-refractivity contribution >= 4 is 16.6 Å². The Balaban J connectivity index is 2.03. The second kappa shape index (κ2) is 6.00. The van der Waals surface area contributed by atoms with E-state index < -0.39 is 0 Å². The van der Waals surface area contributed by atoms with Crippen LogP contribution in [0.15, 0.2) is 30.3 Å². The van der Waals surface area contributed by atoms with Crippen LogP contribution >= 0.6 is 0 Å². The Morgan fingerprint density at radius 1 is 1.29 bits per heavy atom. The van der Waals surface area contributed by atoms with Crippen LogP contribution in [0.5, 0.6) is 0 Å². The third-order valence-corrected chi connectivity index (χ3v) is 4.39. The summed E-state index contributed by atoms with van der Waals surface area (Å²) < 4.78 is 0. The van der Waals surface area contributed by atoms with Crippen molar-refractivity contribution in [3.8, 4) is 0 Å². The van der Waals surface area contributed by atoms with Crippen LogP contribution in [0, 0.1) is 0 Å². The second-order valence-corrected chi connectivity index (χ2v) is 5.96. The zero-order chi connectivity index (χ0) is 14.8. The molecule has 0 radical (unpaired) electrons. The zero-order valence-electron chi connectivity index (χ0n) is 13.1. The first-order valence-electron chi connectivity index (χ1n) is 7.67. The van der Waals surface area contributed by atoms with Gasteiger partial charge in [-0.15, -0.1) is 0 Å². The van der Waals surface area contributed by atoms with Crippen LogP contribution in [0.4, 0.5) is 5.82 Å². The molecule has 1 fully saturated rings. The van der Waals surface area contributed by atoms with Crippen LogP contribution < -0.4 is 10.2 Å². The van der Waals surface area contributed by atoms with Gasteiger partial charge in [-0.2, -0.15) is 0 Å². The highest BCUT2D eigenvalue weighted by molar-refractivity contribution is 5.92. The van der Waals surface area contributed by atoms with Gasteiger partial charge in [0.15, 0.2) is 0 Å². The number of hydrogen-bond acceptors (Lipinski definition) is 4. The topological polar surface area (TPSA) is 31.4 Å². The first-order valence-corrected chi connectivity index (χ1v) is 7.67. The minimum atomic E-state index is 0.562. The van der Waals surface area contributed by atoms with E-state index in [1.165, 1.54) is 10.8 Å². The fraction of sp³-hybridized carbons (Fsp3) is 0.471. The number of anilines is 1. The zero-order valence-corrected chi connectivity index (χ0v) is 13.1. The molecular formula is C17H24N4. The molecule has 2 aromatic rings. The van der Waals surface area contributed by atoms with Crippen molar-refractivity contribution in [2.45, 2.75) is 19.5 Å². The fourth-order valence-corrected chi connectivity index (χ4v) is 2.99. The number of nitrogens with zero attached hydrogens (tertiary/aromatic N) is 3. The van der Waals surface area contributed by atoms with E-state index in [2.05, 4.69) is 59.4 Å². The maximum atomic E-state index is 4.92. The first kappa shape index (κ1) is 14.3. The standard InChI is InChI=1S/C17H24N4/c1-13-12-21(9-8-20(13)3)17-16-7-5-4-6-14(16)10-15(19-17)11-18-2/h4-7,10,13,18H,8-9,11-12H2,1-3H3. The Morgan fingerprint density at radius 2 is 2.10 bits per heavy atom. The summed E-state index contributed by atoms with van der Waals surface area (Å²) >= 11 is 0. The fourth-order valence-electron chi connectivity index (χ4n) is 2.99. The third-order valence-electron chi connectivity index (χ3n) is 4.39. The summed E-state index contributed by atoms with van der Waals surface area (Å²) in [5, 5.41) is 5.74. The average molecular weight is 284 g/mol. The highest BCUT2D eigenvalue weighted by Gasteiger charge is 2.23. The molecule has 2 heterocycles. The number of nitrogens with one attached hydrogen (secondary N) is 1. The van der Waals surface area contributed by atoms with Gasteiger partial charge in [0.05, 0.1) is 5.69 Å². The molecule has 1 unspecified atom stereocenters. The van der Waals surface area contributed by atoms with Crippen LogP contribution in [-0.4, -0.2) is 49.7 Å². The molecule has 4 nitrogen and oxygen atoms in total. The lowest BCUT2D eigenvalue weighted by Crippen LogP contribution is -2.50. The summed E-state index contributed by atoms with van der Waals surface area (Å²) in [4.78, 5) is 9.77. The largest absolute Gasteiger partial charge is 0.353 e. The Labute approximate surface area is 126 Å². The van der Waals surface area contributed by atoms with Crippen molar-refractivity contribution in [3.05, 3.63) is 36.0 Å². The molecule has 1 atom stereocenters. The van der Waals surface area contributed by atoms with Gasteiger partial charge in [-0.05, 0) is 32.5 Å². The molecule has 1 N–H and O–H groups in total. The molecule has 21 heavy (non-hydrogen) atoms. The second-order valence-electron chi connectivity index (χ2n) is 5.96. The molecule has 112 valence electrons. The molecule has 1 aliphatic rings. The summed E-state index contributed by atoms with van der Waals surface area (Å²) in [6, 6.07) is 11.3. The predicted octanol–water partition coefficient (Wildman–Crippen LogP) is 2.09. The van der Waals surface area contributed by atoms with Crippen molar-refractivity contribution in [3.63, 3.8) is 0 Å². The molecular weight excluding hydrogens is 260 g/mol. The summed E-state index contributed by atoms with van der Waals surface area (Å²) in [5.41, 5.74) is 1.11. The molecule has 1 aliphatic heterocycles. The van der Waals surface area contributed by atoms with Crippen molar-refractivity contribution in [1.82, 2.24) is 15.2 Å². The Bertz CT molecular complexity index is 625. The molecule has 4 heteroatoms. The number of hydrogen-bond donors (Lipinski definition) is 1. The van der Waals surface area contributed by atoms with Crippen LogP contribution in [0.25, 0.3) is 10.8 Å². The molecule has 3 rings (SSSR count). The Hall–Kier alpha value is -1.65. The van der Waals surface area contributed by atoms with Gasteiger partial charge in [0.25, 0.3) is 0 Å². The van der Waals surface area contributed by atoms with Gasteiger partial charge < -0.3 is 15.1 Å². The molecule has 1 saturated heterocycles. The van der Waals surface area contributed by atoms with Gasteiger partial charge in [0, 0.05) is 37.6 Å². The Morgan fingerprint density at radius 3 is 2.86 bits per heavy atom. The number of benzene rings is 1. The van der Waals surface area contributed by atoms with E-state index in [-0.39, 0.29) is 0 Å². The summed E-state index contributed by atoms with van der Waals surface area (Å²) in [6.07, 6.45) is 0. The highest BCUT2D eigenvalue weighted by Crippen LogP contribution is 2.27. The lowest BCUT2D eigenvalue weighted by atomic mass is 10.1. The van der Waals surface area contributed by atoms with E-state index in [0.29, 0.717) is 6.04 Å². The van der Waals surface area contributed by atoms with Crippen molar-refractivity contribution in [2.24, 2.45) is 0 Å². The van der Waals surface area contributed by atoms with E-state index in [1.807, 2.05) is 7.05 Å². The molecule has 0 bridgehead atoms. The number of aromatic nitrogens is 1. The SMILES string of the molecule is CNCc1cc2ccccc2c(N2CCN(C)C(C)C2)n1. The molecule has 1 aromatic carbocycles. The minimum absolute atomic E-state index is 0.562. The van der Waals surface area contributed by atoms with Crippen molar-refractivity contribution < 1.29 is 0 Å². The number of likely N-dealkylation sites (N-methyl/N-ethyl adjacent to an activating group) is 1. The lowest BCUT2D eigenvalue weighted by Gasteiger charge is -2.38. The van der Waals surface area contributed by atoms with Gasteiger partial charge in [-0.1, -0.05) is 24.3 Å². The number of fused-ring (bicyclic) bond motifs is 1. The maximum absolute atomic E-state index is 4.92. The summed E-state index contributed by atoms with van der Waals surface area (Å²) in [7, 11) is 4.17. The first-order chi connectivity index (χ1) is 10.2. The summed E-state index contributed by atoms with van der Waals surface area (Å²) in [5.74, 6) is 1.14. The van der Waals surface area contributed by atoms with Crippen molar-refractivity contribution in [1.29, 1.82) is 0 Å². The number of pyridine rings is 1. The van der Waals surface area contributed by atoms with E-state index in [0.717, 1.165) is 37.7 Å². The normalized spacial score (nSPS) is 20.1. The molecule has 1 aromatic heterocycles. The molecule has 0 spiro atoms. The monoisotopic (exact) mass is 284 g/mol. The van der Waals surface area contributed by atoms with Crippen LogP contribution in [0.1, 0.15) is 12.6 Å². The van der Waals surface area contributed by atoms with Gasteiger partial charge >= 0.3 is 0 Å². The summed E-state index contributed by atoms with van der Waals surface area (Å²) in [6.45, 7) is 6.26. The van der Waals surface area contributed by atoms with E-state index >= 15 is 0 Å². The minimum Gasteiger partial charge on any atom is -0.353 e. The number of piperazine rings is 1. The smallest absolute Gasteiger partial charge is 0.136 e. The third kappa shape index (κ3) is 2.87. The van der Waals surface area contributed by atoms with Crippen molar-refractivity contribution in [2.75, 3.05) is 38.6 Å². The quantitative estimate of drug-likeness (QED) is 0.935. The maximum Gasteiger partial charge on any atom is 0.136 e. The lowest BCUT2D eigenvalue weighted by molar-refractivity contribution is 0.233. The van der Waals surface area contributed by atoms with Gasteiger partial charge in [-0.25, -0.2) is 4.98 Å². The molecule has 0 aliphatic carbocycles. The predicted molar refractivity (Wildman–Crippen MR) is 88.8 cm³/mol. The van der Waals surface area contributed by atoms with Gasteiger partial charge in [-0.3, -0.25) is 0 Å². The van der Waals surface area contributed by atoms with E-state index in [1.54, 1.807) is 0 Å². The molecule has 0 amide bonds. The van der Waals surface area contributed by atoms with E-state index in [4.69, 9.17) is 4.98 Å². The van der Waals surface area contributed by atoms with Crippen LogP contribution in [0.3, 0.4) is 0 Å². The average Bonchev–Trinajstić information content (AvgIpc) is 2.50. The number of rotatable bonds is 3. The van der Waals surface area contributed by atoms with Crippen LogP contribution in [-0.2, 0) is 6.54 Å². The Kier molecular flexibility index (Phi) is 4.08.